The van der Waals surface area contributed by atoms with Crippen LogP contribution in [0.1, 0.15) is 12.8 Å². The predicted octanol–water partition coefficient (Wildman–Crippen LogP) is 0.0598. The number of allylic oxidation sites excluding steroid dienone is 1. The molecule has 2 nitrogen and oxygen atoms in total. The van der Waals surface area contributed by atoms with Crippen molar-refractivity contribution in [3.05, 3.63) is 12.2 Å². The summed E-state index contributed by atoms with van der Waals surface area (Å²) in [6.07, 6.45) is 5.10. The van der Waals surface area contributed by atoms with Crippen LogP contribution >= 0.6 is 0 Å². The number of aliphatic hydroxyl groups is 2. The summed E-state index contributed by atoms with van der Waals surface area (Å²) in [5.74, 6) is 0. The number of rotatable bonds is 1. The summed E-state index contributed by atoms with van der Waals surface area (Å²) in [5, 5.41) is 17.7. The van der Waals surface area contributed by atoms with E-state index in [2.05, 4.69) is 0 Å². The SMILES string of the molecule is OCC1(O)C=CCC1. The molecule has 0 saturated heterocycles. The Bertz CT molecular complexity index is 109. The molecule has 0 aromatic rings. The van der Waals surface area contributed by atoms with Crippen molar-refractivity contribution in [1.29, 1.82) is 0 Å². The standard InChI is InChI=1S/C6H10O2/c7-5-6(8)3-1-2-4-6/h1,3,7-8H,2,4-5H2. The topological polar surface area (TPSA) is 40.5 Å². The quantitative estimate of drug-likeness (QED) is 0.473. The van der Waals surface area contributed by atoms with E-state index in [-0.39, 0.29) is 6.61 Å². The lowest BCUT2D eigenvalue weighted by Gasteiger charge is -2.15. The molecule has 2 N–H and O–H groups in total. The van der Waals surface area contributed by atoms with Gasteiger partial charge in [0, 0.05) is 0 Å². The summed E-state index contributed by atoms with van der Waals surface area (Å²) >= 11 is 0. The fourth-order valence-electron chi connectivity index (χ4n) is 0.851. The van der Waals surface area contributed by atoms with E-state index in [1.807, 2.05) is 6.08 Å². The molecule has 0 spiro atoms. The zero-order valence-corrected chi connectivity index (χ0v) is 4.67. The van der Waals surface area contributed by atoms with E-state index in [1.165, 1.54) is 0 Å². The van der Waals surface area contributed by atoms with Gasteiger partial charge < -0.3 is 10.2 Å². The molecule has 0 aliphatic heterocycles. The molecule has 0 heterocycles. The second kappa shape index (κ2) is 1.88. The zero-order chi connectivity index (χ0) is 6.04. The van der Waals surface area contributed by atoms with Crippen molar-refractivity contribution < 1.29 is 10.2 Å². The first-order chi connectivity index (χ1) is 3.77. The highest BCUT2D eigenvalue weighted by molar-refractivity contribution is 5.07. The van der Waals surface area contributed by atoms with Gasteiger partial charge in [-0.2, -0.15) is 0 Å². The summed E-state index contributed by atoms with van der Waals surface area (Å²) in [6, 6.07) is 0. The van der Waals surface area contributed by atoms with E-state index in [0.717, 1.165) is 6.42 Å². The Hall–Kier alpha value is -0.340. The van der Waals surface area contributed by atoms with Crippen LogP contribution in [0.2, 0.25) is 0 Å². The normalized spacial score (nSPS) is 36.2. The molecule has 8 heavy (non-hydrogen) atoms. The summed E-state index contributed by atoms with van der Waals surface area (Å²) in [4.78, 5) is 0. The minimum atomic E-state index is -0.889. The molecule has 2 heteroatoms. The molecule has 1 rings (SSSR count). The smallest absolute Gasteiger partial charge is 0.106 e. The van der Waals surface area contributed by atoms with Crippen LogP contribution in [0.15, 0.2) is 12.2 Å². The van der Waals surface area contributed by atoms with Crippen LogP contribution in [0.3, 0.4) is 0 Å². The first-order valence-corrected chi connectivity index (χ1v) is 2.78. The van der Waals surface area contributed by atoms with Gasteiger partial charge in [-0.15, -0.1) is 0 Å². The first kappa shape index (κ1) is 5.79. The maximum atomic E-state index is 9.16. The number of hydrogen-bond donors (Lipinski definition) is 2. The minimum absolute atomic E-state index is 0.149. The van der Waals surface area contributed by atoms with E-state index in [9.17, 15) is 0 Å². The molecule has 0 fully saturated rings. The fraction of sp³-hybridized carbons (Fsp3) is 0.667. The van der Waals surface area contributed by atoms with E-state index >= 15 is 0 Å². The van der Waals surface area contributed by atoms with Crippen LogP contribution < -0.4 is 0 Å². The van der Waals surface area contributed by atoms with Gasteiger partial charge in [-0.05, 0) is 12.8 Å². The molecule has 46 valence electrons. The zero-order valence-electron chi connectivity index (χ0n) is 4.67. The van der Waals surface area contributed by atoms with Gasteiger partial charge in [0.15, 0.2) is 0 Å². The minimum Gasteiger partial charge on any atom is -0.393 e. The third kappa shape index (κ3) is 0.904. The molecule has 0 radical (unpaired) electrons. The lowest BCUT2D eigenvalue weighted by Crippen LogP contribution is -2.27. The van der Waals surface area contributed by atoms with Crippen LogP contribution in [0, 0.1) is 0 Å². The number of aliphatic hydroxyl groups excluding tert-OH is 1. The van der Waals surface area contributed by atoms with Gasteiger partial charge in [-0.1, -0.05) is 12.2 Å². The van der Waals surface area contributed by atoms with Crippen LogP contribution in [-0.4, -0.2) is 22.4 Å². The summed E-state index contributed by atoms with van der Waals surface area (Å²) in [5.41, 5.74) is -0.889. The molecule has 0 aromatic heterocycles. The van der Waals surface area contributed by atoms with Crippen molar-refractivity contribution >= 4 is 0 Å². The molecule has 0 amide bonds. The second-order valence-electron chi connectivity index (χ2n) is 2.20. The van der Waals surface area contributed by atoms with Gasteiger partial charge in [0.1, 0.15) is 5.60 Å². The van der Waals surface area contributed by atoms with Gasteiger partial charge in [-0.25, -0.2) is 0 Å². The van der Waals surface area contributed by atoms with Gasteiger partial charge >= 0.3 is 0 Å². The molecular weight excluding hydrogens is 104 g/mol. The fourth-order valence-corrected chi connectivity index (χ4v) is 0.851. The lowest BCUT2D eigenvalue weighted by atomic mass is 10.1. The average molecular weight is 114 g/mol. The molecule has 1 aliphatic carbocycles. The van der Waals surface area contributed by atoms with Crippen molar-refractivity contribution in [2.75, 3.05) is 6.61 Å². The summed E-state index contributed by atoms with van der Waals surface area (Å²) in [6.45, 7) is -0.149. The van der Waals surface area contributed by atoms with Gasteiger partial charge in [0.05, 0.1) is 6.61 Å². The van der Waals surface area contributed by atoms with Crippen molar-refractivity contribution in [2.24, 2.45) is 0 Å². The monoisotopic (exact) mass is 114 g/mol. The Morgan fingerprint density at radius 3 is 2.62 bits per heavy atom. The molecule has 0 saturated carbocycles. The first-order valence-electron chi connectivity index (χ1n) is 2.78. The maximum absolute atomic E-state index is 9.16. The molecule has 0 bridgehead atoms. The second-order valence-corrected chi connectivity index (χ2v) is 2.20. The summed E-state index contributed by atoms with van der Waals surface area (Å²) in [7, 11) is 0. The molecule has 1 unspecified atom stereocenters. The van der Waals surface area contributed by atoms with Crippen LogP contribution in [0.4, 0.5) is 0 Å². The Kier molecular flexibility index (Phi) is 1.36. The van der Waals surface area contributed by atoms with Crippen molar-refractivity contribution in [3.63, 3.8) is 0 Å². The van der Waals surface area contributed by atoms with Crippen LogP contribution in [0.5, 0.6) is 0 Å². The average Bonchev–Trinajstić information content (AvgIpc) is 2.17. The summed E-state index contributed by atoms with van der Waals surface area (Å²) < 4.78 is 0. The maximum Gasteiger partial charge on any atom is 0.106 e. The van der Waals surface area contributed by atoms with Crippen LogP contribution in [0.25, 0.3) is 0 Å². The Balaban J connectivity index is 2.54. The van der Waals surface area contributed by atoms with Gasteiger partial charge in [-0.3, -0.25) is 0 Å². The molecular formula is C6H10O2. The van der Waals surface area contributed by atoms with Crippen molar-refractivity contribution in [2.45, 2.75) is 18.4 Å². The Morgan fingerprint density at radius 2 is 2.38 bits per heavy atom. The highest BCUT2D eigenvalue weighted by Crippen LogP contribution is 2.20. The van der Waals surface area contributed by atoms with Gasteiger partial charge in [0.2, 0.25) is 0 Å². The Morgan fingerprint density at radius 1 is 1.62 bits per heavy atom. The van der Waals surface area contributed by atoms with Crippen molar-refractivity contribution in [3.8, 4) is 0 Å². The molecule has 1 aliphatic rings. The molecule has 0 aromatic carbocycles. The largest absolute Gasteiger partial charge is 0.393 e. The lowest BCUT2D eigenvalue weighted by molar-refractivity contribution is 0.0277. The highest BCUT2D eigenvalue weighted by atomic mass is 16.3. The van der Waals surface area contributed by atoms with E-state index < -0.39 is 5.60 Å². The highest BCUT2D eigenvalue weighted by Gasteiger charge is 2.24. The van der Waals surface area contributed by atoms with E-state index in [0.29, 0.717) is 6.42 Å². The van der Waals surface area contributed by atoms with Crippen LogP contribution in [-0.2, 0) is 0 Å². The predicted molar refractivity (Wildman–Crippen MR) is 30.4 cm³/mol. The van der Waals surface area contributed by atoms with E-state index in [4.69, 9.17) is 10.2 Å². The number of hydrogen-bond acceptors (Lipinski definition) is 2. The van der Waals surface area contributed by atoms with E-state index in [1.54, 1.807) is 6.08 Å². The third-order valence-electron chi connectivity index (χ3n) is 1.45. The molecule has 1 atom stereocenters. The van der Waals surface area contributed by atoms with Crippen molar-refractivity contribution in [1.82, 2.24) is 0 Å². The Labute approximate surface area is 48.5 Å². The van der Waals surface area contributed by atoms with Gasteiger partial charge in [0.25, 0.3) is 0 Å². The third-order valence-corrected chi connectivity index (χ3v) is 1.45.